The molecular weight excluding hydrogens is 430 g/mol. The first kappa shape index (κ1) is 19.3. The van der Waals surface area contributed by atoms with Gasteiger partial charge in [0.1, 0.15) is 0 Å². The average Bonchev–Trinajstić information content (AvgIpc) is 2.73. The Morgan fingerprint density at radius 2 is 1.90 bits per heavy atom. The molecule has 0 radical (unpaired) electrons. The molecule has 1 amide bonds. The van der Waals surface area contributed by atoms with E-state index in [2.05, 4.69) is 50.5 Å². The van der Waals surface area contributed by atoms with Crippen molar-refractivity contribution in [2.45, 2.75) is 25.9 Å². The van der Waals surface area contributed by atoms with E-state index in [0.717, 1.165) is 15.4 Å². The summed E-state index contributed by atoms with van der Waals surface area (Å²) in [6.07, 6.45) is 1.71. The molecule has 0 unspecified atom stereocenters. The van der Waals surface area contributed by atoms with Gasteiger partial charge in [0, 0.05) is 17.4 Å². The van der Waals surface area contributed by atoms with E-state index in [0.29, 0.717) is 10.9 Å². The number of hydrogen-bond acceptors (Lipinski definition) is 3. The quantitative estimate of drug-likeness (QED) is 0.484. The normalized spacial score (nSPS) is 12.2. The lowest BCUT2D eigenvalue weighted by Gasteiger charge is -2.15. The van der Waals surface area contributed by atoms with E-state index < -0.39 is 0 Å². The average molecular weight is 450 g/mol. The second-order valence-electron chi connectivity index (χ2n) is 7.05. The Labute approximate surface area is 176 Å². The summed E-state index contributed by atoms with van der Waals surface area (Å²) in [4.78, 5) is 29.4. The lowest BCUT2D eigenvalue weighted by molar-refractivity contribution is -0.121. The first-order valence-corrected chi connectivity index (χ1v) is 10.2. The predicted molar refractivity (Wildman–Crippen MR) is 119 cm³/mol. The van der Waals surface area contributed by atoms with Crippen molar-refractivity contribution in [1.29, 1.82) is 0 Å². The number of carbonyl (C=O) groups is 1. The van der Waals surface area contributed by atoms with Gasteiger partial charge in [0.2, 0.25) is 5.91 Å². The SMILES string of the molecule is C[C@@H](NC(=O)CCn1cnc2ccc(Br)cc2c1=O)c1ccc2ccccc2c1. The van der Waals surface area contributed by atoms with Gasteiger partial charge in [-0.15, -0.1) is 0 Å². The van der Waals surface area contributed by atoms with Crippen LogP contribution in [0.15, 0.2) is 76.3 Å². The number of aryl methyl sites for hydroxylation is 1. The van der Waals surface area contributed by atoms with E-state index in [1.165, 1.54) is 16.3 Å². The van der Waals surface area contributed by atoms with Crippen molar-refractivity contribution < 1.29 is 4.79 Å². The Balaban J connectivity index is 1.43. The molecule has 5 nitrogen and oxygen atoms in total. The zero-order valence-electron chi connectivity index (χ0n) is 15.9. The second-order valence-corrected chi connectivity index (χ2v) is 7.97. The number of rotatable bonds is 5. The van der Waals surface area contributed by atoms with Gasteiger partial charge in [0.05, 0.1) is 23.3 Å². The largest absolute Gasteiger partial charge is 0.350 e. The lowest BCUT2D eigenvalue weighted by Crippen LogP contribution is -2.29. The Hall–Kier alpha value is -2.99. The highest BCUT2D eigenvalue weighted by Gasteiger charge is 2.11. The van der Waals surface area contributed by atoms with E-state index in [9.17, 15) is 9.59 Å². The highest BCUT2D eigenvalue weighted by Crippen LogP contribution is 2.20. The van der Waals surface area contributed by atoms with Crippen LogP contribution in [0.3, 0.4) is 0 Å². The summed E-state index contributed by atoms with van der Waals surface area (Å²) in [5, 5.41) is 5.86. The molecule has 1 heterocycles. The monoisotopic (exact) mass is 449 g/mol. The first-order valence-electron chi connectivity index (χ1n) is 9.44. The van der Waals surface area contributed by atoms with Crippen molar-refractivity contribution in [3.05, 3.63) is 87.4 Å². The molecule has 0 spiro atoms. The molecule has 1 N–H and O–H groups in total. The molecule has 0 aliphatic carbocycles. The molecule has 29 heavy (non-hydrogen) atoms. The molecule has 0 saturated carbocycles. The smallest absolute Gasteiger partial charge is 0.261 e. The number of benzene rings is 3. The van der Waals surface area contributed by atoms with Gasteiger partial charge >= 0.3 is 0 Å². The molecule has 6 heteroatoms. The van der Waals surface area contributed by atoms with Crippen molar-refractivity contribution in [3.63, 3.8) is 0 Å². The van der Waals surface area contributed by atoms with Gasteiger partial charge in [-0.3, -0.25) is 14.2 Å². The van der Waals surface area contributed by atoms with Gasteiger partial charge in [-0.05, 0) is 47.5 Å². The van der Waals surface area contributed by atoms with Gasteiger partial charge in [0.25, 0.3) is 5.56 Å². The fourth-order valence-electron chi connectivity index (χ4n) is 3.39. The van der Waals surface area contributed by atoms with Crippen molar-refractivity contribution in [1.82, 2.24) is 14.9 Å². The van der Waals surface area contributed by atoms with Gasteiger partial charge in [-0.1, -0.05) is 52.3 Å². The van der Waals surface area contributed by atoms with E-state index in [1.54, 1.807) is 12.1 Å². The summed E-state index contributed by atoms with van der Waals surface area (Å²) < 4.78 is 2.30. The van der Waals surface area contributed by atoms with Crippen LogP contribution in [0.1, 0.15) is 24.9 Å². The van der Waals surface area contributed by atoms with Crippen LogP contribution in [-0.2, 0) is 11.3 Å². The van der Waals surface area contributed by atoms with Crippen LogP contribution in [0.2, 0.25) is 0 Å². The maximum Gasteiger partial charge on any atom is 0.261 e. The van der Waals surface area contributed by atoms with Crippen LogP contribution in [0.5, 0.6) is 0 Å². The van der Waals surface area contributed by atoms with Crippen LogP contribution < -0.4 is 10.9 Å². The summed E-state index contributed by atoms with van der Waals surface area (Å²) in [5.41, 5.74) is 1.54. The van der Waals surface area contributed by atoms with Crippen molar-refractivity contribution in [3.8, 4) is 0 Å². The minimum Gasteiger partial charge on any atom is -0.350 e. The molecular formula is C23H20BrN3O2. The van der Waals surface area contributed by atoms with Gasteiger partial charge in [-0.25, -0.2) is 4.98 Å². The topological polar surface area (TPSA) is 64.0 Å². The summed E-state index contributed by atoms with van der Waals surface area (Å²) in [6.45, 7) is 2.24. The van der Waals surface area contributed by atoms with E-state index in [-0.39, 0.29) is 30.5 Å². The fraction of sp³-hybridized carbons (Fsp3) is 0.174. The second kappa shape index (κ2) is 8.17. The first-order chi connectivity index (χ1) is 14.0. The van der Waals surface area contributed by atoms with Crippen molar-refractivity contribution >= 4 is 43.5 Å². The number of amides is 1. The fourth-order valence-corrected chi connectivity index (χ4v) is 3.75. The maximum atomic E-state index is 12.6. The summed E-state index contributed by atoms with van der Waals surface area (Å²) in [5.74, 6) is -0.105. The van der Waals surface area contributed by atoms with Crippen LogP contribution >= 0.6 is 15.9 Å². The van der Waals surface area contributed by atoms with Crippen LogP contribution in [-0.4, -0.2) is 15.5 Å². The summed E-state index contributed by atoms with van der Waals surface area (Å²) >= 11 is 3.38. The number of nitrogens with zero attached hydrogens (tertiary/aromatic N) is 2. The lowest BCUT2D eigenvalue weighted by atomic mass is 10.0. The van der Waals surface area contributed by atoms with Crippen molar-refractivity contribution in [2.24, 2.45) is 0 Å². The number of fused-ring (bicyclic) bond motifs is 2. The molecule has 4 aromatic rings. The summed E-state index contributed by atoms with van der Waals surface area (Å²) in [7, 11) is 0. The van der Waals surface area contributed by atoms with Gasteiger partial charge in [-0.2, -0.15) is 0 Å². The number of hydrogen-bond donors (Lipinski definition) is 1. The number of nitrogens with one attached hydrogen (secondary N) is 1. The minimum absolute atomic E-state index is 0.105. The predicted octanol–water partition coefficient (Wildman–Crippen LogP) is 4.58. The van der Waals surface area contributed by atoms with Gasteiger partial charge in [0.15, 0.2) is 0 Å². The van der Waals surface area contributed by atoms with Crippen LogP contribution in [0.25, 0.3) is 21.7 Å². The zero-order valence-corrected chi connectivity index (χ0v) is 17.5. The number of aromatic nitrogens is 2. The van der Waals surface area contributed by atoms with E-state index in [1.807, 2.05) is 31.2 Å². The molecule has 1 atom stereocenters. The third-order valence-corrected chi connectivity index (χ3v) is 5.51. The highest BCUT2D eigenvalue weighted by atomic mass is 79.9. The molecule has 0 aliphatic rings. The van der Waals surface area contributed by atoms with Crippen LogP contribution in [0, 0.1) is 0 Å². The Morgan fingerprint density at radius 1 is 1.10 bits per heavy atom. The maximum absolute atomic E-state index is 12.6. The molecule has 146 valence electrons. The molecule has 0 fully saturated rings. The molecule has 3 aromatic carbocycles. The third-order valence-electron chi connectivity index (χ3n) is 5.02. The number of halogens is 1. The minimum atomic E-state index is -0.147. The third kappa shape index (κ3) is 4.22. The molecule has 0 saturated heterocycles. The Kier molecular flexibility index (Phi) is 5.45. The van der Waals surface area contributed by atoms with Gasteiger partial charge < -0.3 is 5.32 Å². The highest BCUT2D eigenvalue weighted by molar-refractivity contribution is 9.10. The van der Waals surface area contributed by atoms with E-state index >= 15 is 0 Å². The standard InChI is InChI=1S/C23H20BrN3O2/c1-15(17-7-6-16-4-2-3-5-18(16)12-17)26-22(28)10-11-27-14-25-21-9-8-19(24)13-20(21)23(27)29/h2-9,12-15H,10-11H2,1H3,(H,26,28)/t15-/m1/s1. The Bertz CT molecular complexity index is 1270. The molecule has 0 aliphatic heterocycles. The van der Waals surface area contributed by atoms with E-state index in [4.69, 9.17) is 0 Å². The Morgan fingerprint density at radius 3 is 2.72 bits per heavy atom. The number of carbonyl (C=O) groups excluding carboxylic acids is 1. The summed E-state index contributed by atoms with van der Waals surface area (Å²) in [6, 6.07) is 19.6. The zero-order chi connectivity index (χ0) is 20.4. The molecule has 1 aromatic heterocycles. The van der Waals surface area contributed by atoms with Crippen molar-refractivity contribution in [2.75, 3.05) is 0 Å². The molecule has 4 rings (SSSR count). The molecule has 0 bridgehead atoms. The van der Waals surface area contributed by atoms with Crippen LogP contribution in [0.4, 0.5) is 0 Å².